The van der Waals surface area contributed by atoms with Crippen LogP contribution in [0.1, 0.15) is 28.8 Å². The highest BCUT2D eigenvalue weighted by molar-refractivity contribution is 7.89. The van der Waals surface area contributed by atoms with Crippen molar-refractivity contribution in [3.63, 3.8) is 0 Å². The summed E-state index contributed by atoms with van der Waals surface area (Å²) in [6.45, 7) is 5.54. The quantitative estimate of drug-likeness (QED) is 0.742. The molecule has 0 radical (unpaired) electrons. The number of rotatable bonds is 6. The van der Waals surface area contributed by atoms with Gasteiger partial charge in [0.25, 0.3) is 5.91 Å². The average Bonchev–Trinajstić information content (AvgIpc) is 3.34. The number of likely N-dealkylation sites (N-methyl/N-ethyl adjacent to an activating group) is 1. The van der Waals surface area contributed by atoms with Gasteiger partial charge < -0.3 is 15.1 Å². The lowest BCUT2D eigenvalue weighted by atomic mass is 10.1. The number of hydrogen-bond acceptors (Lipinski definition) is 5. The minimum Gasteiger partial charge on any atom is -0.369 e. The number of amides is 1. The van der Waals surface area contributed by atoms with E-state index in [0.29, 0.717) is 25.2 Å². The molecule has 2 aliphatic rings. The topological polar surface area (TPSA) is 73.0 Å². The van der Waals surface area contributed by atoms with Crippen LogP contribution in [-0.2, 0) is 16.6 Å². The van der Waals surface area contributed by atoms with Gasteiger partial charge in [-0.05, 0) is 55.8 Å². The number of anilines is 1. The molecular formula is C23H30N4O3S. The third-order valence-electron chi connectivity index (χ3n) is 6.09. The number of sulfonamides is 1. The second-order valence-electron chi connectivity index (χ2n) is 8.24. The van der Waals surface area contributed by atoms with Crippen LogP contribution >= 0.6 is 0 Å². The number of para-hydroxylation sites is 1. The van der Waals surface area contributed by atoms with E-state index < -0.39 is 10.0 Å². The van der Waals surface area contributed by atoms with Gasteiger partial charge in [-0.25, -0.2) is 8.42 Å². The molecule has 0 unspecified atom stereocenters. The minimum atomic E-state index is -3.47. The third-order valence-corrected chi connectivity index (χ3v) is 8.01. The van der Waals surface area contributed by atoms with E-state index in [1.54, 1.807) is 12.1 Å². The van der Waals surface area contributed by atoms with Crippen LogP contribution in [0.25, 0.3) is 0 Å². The predicted molar refractivity (Wildman–Crippen MR) is 122 cm³/mol. The number of hydrogen-bond donors (Lipinski definition) is 1. The maximum Gasteiger partial charge on any atom is 0.251 e. The molecule has 4 rings (SSSR count). The van der Waals surface area contributed by atoms with Crippen molar-refractivity contribution in [2.75, 3.05) is 51.2 Å². The van der Waals surface area contributed by atoms with Gasteiger partial charge in [0.1, 0.15) is 0 Å². The van der Waals surface area contributed by atoms with E-state index >= 15 is 0 Å². The van der Waals surface area contributed by atoms with Crippen LogP contribution in [0.15, 0.2) is 53.4 Å². The zero-order chi connectivity index (χ0) is 21.8. The van der Waals surface area contributed by atoms with Gasteiger partial charge in [0, 0.05) is 57.1 Å². The fourth-order valence-electron chi connectivity index (χ4n) is 4.15. The number of nitrogens with zero attached hydrogens (tertiary/aromatic N) is 3. The van der Waals surface area contributed by atoms with Crippen molar-refractivity contribution >= 4 is 21.6 Å². The maximum absolute atomic E-state index is 12.7. The lowest BCUT2D eigenvalue weighted by Crippen LogP contribution is -2.45. The SMILES string of the molecule is CN1CCN(c2ccccc2CNC(=O)c2ccc(S(=O)(=O)N3CCCC3)cc2)CC1. The van der Waals surface area contributed by atoms with E-state index in [0.717, 1.165) is 50.3 Å². The highest BCUT2D eigenvalue weighted by Gasteiger charge is 2.27. The zero-order valence-electron chi connectivity index (χ0n) is 18.0. The number of carbonyl (C=O) groups is 1. The van der Waals surface area contributed by atoms with Crippen LogP contribution in [0.4, 0.5) is 5.69 Å². The summed E-state index contributed by atoms with van der Waals surface area (Å²) in [5.74, 6) is -0.210. The van der Waals surface area contributed by atoms with Gasteiger partial charge in [0.05, 0.1) is 4.90 Å². The molecule has 1 amide bonds. The Morgan fingerprint density at radius 3 is 2.23 bits per heavy atom. The number of piperazine rings is 1. The number of benzene rings is 2. The Morgan fingerprint density at radius 1 is 0.903 bits per heavy atom. The largest absolute Gasteiger partial charge is 0.369 e. The molecule has 0 bridgehead atoms. The van der Waals surface area contributed by atoms with Crippen molar-refractivity contribution in [2.24, 2.45) is 0 Å². The summed E-state index contributed by atoms with van der Waals surface area (Å²) in [5.41, 5.74) is 2.69. The van der Waals surface area contributed by atoms with Crippen LogP contribution in [0.2, 0.25) is 0 Å². The smallest absolute Gasteiger partial charge is 0.251 e. The fraction of sp³-hybridized carbons (Fsp3) is 0.435. The molecule has 2 aliphatic heterocycles. The van der Waals surface area contributed by atoms with Crippen molar-refractivity contribution in [3.05, 3.63) is 59.7 Å². The van der Waals surface area contributed by atoms with Gasteiger partial charge in [-0.15, -0.1) is 0 Å². The van der Waals surface area contributed by atoms with Gasteiger partial charge >= 0.3 is 0 Å². The van der Waals surface area contributed by atoms with Crippen molar-refractivity contribution in [3.8, 4) is 0 Å². The normalized spacial score (nSPS) is 18.3. The fourth-order valence-corrected chi connectivity index (χ4v) is 5.67. The molecule has 2 saturated heterocycles. The first-order valence-corrected chi connectivity index (χ1v) is 12.3. The molecule has 2 heterocycles. The maximum atomic E-state index is 12.7. The molecule has 8 heteroatoms. The molecule has 31 heavy (non-hydrogen) atoms. The molecule has 7 nitrogen and oxygen atoms in total. The first-order chi connectivity index (χ1) is 14.9. The molecule has 2 aromatic rings. The predicted octanol–water partition coefficient (Wildman–Crippen LogP) is 2.15. The standard InChI is InChI=1S/C23H30N4O3S/c1-25-14-16-26(17-15-25)22-7-3-2-6-20(22)18-24-23(28)19-8-10-21(11-9-19)31(29,30)27-12-4-5-13-27/h2-3,6-11H,4-5,12-18H2,1H3,(H,24,28). The van der Waals surface area contributed by atoms with Crippen molar-refractivity contribution in [1.29, 1.82) is 0 Å². The summed E-state index contributed by atoms with van der Waals surface area (Å²) in [4.78, 5) is 17.6. The van der Waals surface area contributed by atoms with E-state index in [1.165, 1.54) is 16.4 Å². The van der Waals surface area contributed by atoms with Crippen LogP contribution in [-0.4, -0.2) is 69.8 Å². The van der Waals surface area contributed by atoms with E-state index in [9.17, 15) is 13.2 Å². The summed E-state index contributed by atoms with van der Waals surface area (Å²) in [5, 5.41) is 2.98. The van der Waals surface area contributed by atoms with E-state index in [-0.39, 0.29) is 10.8 Å². The summed E-state index contributed by atoms with van der Waals surface area (Å²) >= 11 is 0. The molecule has 0 aromatic heterocycles. The summed E-state index contributed by atoms with van der Waals surface area (Å²) < 4.78 is 26.8. The first-order valence-electron chi connectivity index (χ1n) is 10.8. The Morgan fingerprint density at radius 2 is 1.55 bits per heavy atom. The van der Waals surface area contributed by atoms with E-state index in [2.05, 4.69) is 28.2 Å². The Labute approximate surface area is 184 Å². The van der Waals surface area contributed by atoms with Gasteiger partial charge in [0.2, 0.25) is 10.0 Å². The van der Waals surface area contributed by atoms with Crippen molar-refractivity contribution < 1.29 is 13.2 Å². The van der Waals surface area contributed by atoms with Crippen molar-refractivity contribution in [2.45, 2.75) is 24.3 Å². The molecule has 0 aliphatic carbocycles. The van der Waals surface area contributed by atoms with Gasteiger partial charge in [0.15, 0.2) is 0 Å². The van der Waals surface area contributed by atoms with Gasteiger partial charge in [-0.1, -0.05) is 18.2 Å². The molecule has 0 spiro atoms. The zero-order valence-corrected chi connectivity index (χ0v) is 18.8. The molecular weight excluding hydrogens is 412 g/mol. The Bertz CT molecular complexity index is 1010. The Kier molecular flexibility index (Phi) is 6.60. The lowest BCUT2D eigenvalue weighted by molar-refractivity contribution is 0.0951. The monoisotopic (exact) mass is 442 g/mol. The molecule has 2 aromatic carbocycles. The first kappa shape index (κ1) is 21.8. The van der Waals surface area contributed by atoms with Gasteiger partial charge in [-0.3, -0.25) is 4.79 Å². The minimum absolute atomic E-state index is 0.210. The molecule has 0 saturated carbocycles. The van der Waals surface area contributed by atoms with Gasteiger partial charge in [-0.2, -0.15) is 4.31 Å². The lowest BCUT2D eigenvalue weighted by Gasteiger charge is -2.35. The number of carbonyl (C=O) groups excluding carboxylic acids is 1. The second-order valence-corrected chi connectivity index (χ2v) is 10.2. The molecule has 0 atom stereocenters. The summed E-state index contributed by atoms with van der Waals surface area (Å²) in [6, 6.07) is 14.4. The van der Waals surface area contributed by atoms with Crippen molar-refractivity contribution in [1.82, 2.24) is 14.5 Å². The van der Waals surface area contributed by atoms with E-state index in [1.807, 2.05) is 18.2 Å². The Balaban J connectivity index is 1.40. The molecule has 166 valence electrons. The number of nitrogens with one attached hydrogen (secondary N) is 1. The molecule has 1 N–H and O–H groups in total. The molecule has 2 fully saturated rings. The van der Waals surface area contributed by atoms with Crippen LogP contribution in [0.5, 0.6) is 0 Å². The van der Waals surface area contributed by atoms with Crippen LogP contribution < -0.4 is 10.2 Å². The summed E-state index contributed by atoms with van der Waals surface area (Å²) in [7, 11) is -1.34. The van der Waals surface area contributed by atoms with E-state index in [4.69, 9.17) is 0 Å². The summed E-state index contributed by atoms with van der Waals surface area (Å²) in [6.07, 6.45) is 1.80. The highest BCUT2D eigenvalue weighted by Crippen LogP contribution is 2.23. The average molecular weight is 443 g/mol. The third kappa shape index (κ3) is 4.92. The second kappa shape index (κ2) is 9.38. The highest BCUT2D eigenvalue weighted by atomic mass is 32.2. The van der Waals surface area contributed by atoms with Crippen LogP contribution in [0, 0.1) is 0 Å². The Hall–Kier alpha value is -2.42. The van der Waals surface area contributed by atoms with Crippen LogP contribution in [0.3, 0.4) is 0 Å².